The van der Waals surface area contributed by atoms with Crippen molar-refractivity contribution in [2.75, 3.05) is 0 Å². The summed E-state index contributed by atoms with van der Waals surface area (Å²) in [6.07, 6.45) is 5.12. The number of aryl methyl sites for hydroxylation is 2. The Labute approximate surface area is 313 Å². The average molecular weight is 731 g/mol. The largest absolute Gasteiger partial charge is 0.480 e. The molecule has 0 fully saturated rings. The summed E-state index contributed by atoms with van der Waals surface area (Å²) < 4.78 is 9.60. The summed E-state index contributed by atoms with van der Waals surface area (Å²) in [7, 11) is 0. The molecule has 9 rings (SSSR count). The Morgan fingerprint density at radius 2 is 0.945 bits per heavy atom. The molecule has 2 unspecified atom stereocenters. The van der Waals surface area contributed by atoms with E-state index in [9.17, 15) is 39.0 Å². The first-order valence-electron chi connectivity index (χ1n) is 17.6. The van der Waals surface area contributed by atoms with Crippen molar-refractivity contribution < 1.29 is 48.5 Å². The Morgan fingerprint density at radius 3 is 1.33 bits per heavy atom. The Balaban J connectivity index is 1.23. The molecular formula is C45H30O10. The highest BCUT2D eigenvalue weighted by atomic mass is 16.6. The summed E-state index contributed by atoms with van der Waals surface area (Å²) in [5, 5.41) is 21.4. The zero-order chi connectivity index (χ0) is 38.6. The summed E-state index contributed by atoms with van der Waals surface area (Å²) >= 11 is 0. The Kier molecular flexibility index (Phi) is 7.10. The monoisotopic (exact) mass is 730 g/mol. The molecule has 0 spiro atoms. The van der Waals surface area contributed by atoms with E-state index < -0.39 is 52.1 Å². The van der Waals surface area contributed by atoms with E-state index >= 15 is 0 Å². The van der Waals surface area contributed by atoms with Gasteiger partial charge in [0, 0.05) is 12.8 Å². The molecule has 0 amide bonds. The van der Waals surface area contributed by atoms with E-state index in [2.05, 4.69) is 24.3 Å². The minimum absolute atomic E-state index is 0.0277. The molecule has 2 heterocycles. The van der Waals surface area contributed by atoms with Gasteiger partial charge >= 0.3 is 35.8 Å². The molecule has 0 bridgehead atoms. The zero-order valence-corrected chi connectivity index (χ0v) is 29.5. The number of hydrogen-bond acceptors (Lipinski definition) is 8. The van der Waals surface area contributed by atoms with Crippen molar-refractivity contribution in [3.63, 3.8) is 0 Å². The van der Waals surface area contributed by atoms with Crippen LogP contribution in [0.2, 0.25) is 0 Å². The first kappa shape index (κ1) is 33.9. The molecule has 4 aromatic rings. The van der Waals surface area contributed by atoms with Gasteiger partial charge in [0.15, 0.2) is 0 Å². The molecule has 5 aliphatic rings. The van der Waals surface area contributed by atoms with E-state index in [0.717, 1.165) is 33.4 Å². The second kappa shape index (κ2) is 11.5. The second-order valence-corrected chi connectivity index (χ2v) is 14.6. The van der Waals surface area contributed by atoms with Gasteiger partial charge in [0.05, 0.1) is 27.7 Å². The van der Waals surface area contributed by atoms with E-state index in [1.165, 1.54) is 24.3 Å². The van der Waals surface area contributed by atoms with Gasteiger partial charge in [-0.2, -0.15) is 0 Å². The van der Waals surface area contributed by atoms with Crippen LogP contribution >= 0.6 is 0 Å². The maximum absolute atomic E-state index is 13.1. The fraction of sp³-hybridized carbons (Fsp3) is 0.156. The summed E-state index contributed by atoms with van der Waals surface area (Å²) in [5.74, 6) is -5.64. The quantitative estimate of drug-likeness (QED) is 0.157. The number of carbonyl (C=O) groups is 6. The number of benzene rings is 4. The standard InChI is InChI=1S/C45H30O10/c1-23-19-25(11-13-33(23)43(41(50)51)17-15-29-31(21-43)39(48)54-37(29)46)45(35-9-5-3-7-27(35)28-8-4-6-10-36(28)45)26-12-14-34(24(2)20-26)44(42(52)53)18-16-30-32(22-44)40(49)55-38(30)47/h3-20H,21-22H2,1-2H3,(H,50,51)(H,52,53). The van der Waals surface area contributed by atoms with Crippen LogP contribution in [0.5, 0.6) is 0 Å². The topological polar surface area (TPSA) is 161 Å². The molecule has 0 saturated heterocycles. The first-order chi connectivity index (χ1) is 26.3. The Bertz CT molecular complexity index is 2490. The molecule has 0 radical (unpaired) electrons. The van der Waals surface area contributed by atoms with Gasteiger partial charge in [0.1, 0.15) is 10.8 Å². The van der Waals surface area contributed by atoms with Gasteiger partial charge in [-0.1, -0.05) is 97.1 Å². The zero-order valence-electron chi connectivity index (χ0n) is 29.5. The summed E-state index contributed by atoms with van der Waals surface area (Å²) in [6.45, 7) is 3.64. The van der Waals surface area contributed by atoms with Gasteiger partial charge in [-0.3, -0.25) is 9.59 Å². The third-order valence-corrected chi connectivity index (χ3v) is 11.9. The fourth-order valence-electron chi connectivity index (χ4n) is 9.38. The summed E-state index contributed by atoms with van der Waals surface area (Å²) in [5.41, 5.74) is 3.70. The van der Waals surface area contributed by atoms with Crippen LogP contribution in [0.3, 0.4) is 0 Å². The predicted molar refractivity (Wildman–Crippen MR) is 196 cm³/mol. The van der Waals surface area contributed by atoms with E-state index in [4.69, 9.17) is 9.47 Å². The third kappa shape index (κ3) is 4.42. The maximum Gasteiger partial charge on any atom is 0.346 e. The van der Waals surface area contributed by atoms with E-state index in [1.54, 1.807) is 12.1 Å². The van der Waals surface area contributed by atoms with Crippen molar-refractivity contribution in [1.82, 2.24) is 0 Å². The lowest BCUT2D eigenvalue weighted by Gasteiger charge is -2.37. The van der Waals surface area contributed by atoms with Crippen molar-refractivity contribution in [1.29, 1.82) is 0 Å². The van der Waals surface area contributed by atoms with Crippen molar-refractivity contribution >= 4 is 35.8 Å². The van der Waals surface area contributed by atoms with E-state index in [0.29, 0.717) is 22.3 Å². The van der Waals surface area contributed by atoms with Crippen LogP contribution in [0.4, 0.5) is 0 Å². The van der Waals surface area contributed by atoms with Crippen LogP contribution in [-0.4, -0.2) is 46.0 Å². The molecule has 2 atom stereocenters. The molecule has 55 heavy (non-hydrogen) atoms. The molecule has 2 N–H and O–H groups in total. The highest BCUT2D eigenvalue weighted by Gasteiger charge is 2.51. The number of carboxylic acid groups (broad SMARTS) is 2. The van der Waals surface area contributed by atoms with Crippen LogP contribution in [0, 0.1) is 13.8 Å². The molecule has 270 valence electrons. The number of fused-ring (bicyclic) bond motifs is 3. The molecular weight excluding hydrogens is 700 g/mol. The van der Waals surface area contributed by atoms with E-state index in [-0.39, 0.29) is 35.1 Å². The second-order valence-electron chi connectivity index (χ2n) is 14.6. The number of cyclic esters (lactones) is 4. The minimum atomic E-state index is -1.65. The number of carboxylic acids is 2. The average Bonchev–Trinajstić information content (AvgIpc) is 3.75. The van der Waals surface area contributed by atoms with Gasteiger partial charge in [-0.15, -0.1) is 0 Å². The van der Waals surface area contributed by atoms with Crippen molar-refractivity contribution in [3.05, 3.63) is 176 Å². The number of hydrogen-bond donors (Lipinski definition) is 2. The lowest BCUT2D eigenvalue weighted by molar-refractivity contribution is -0.153. The van der Waals surface area contributed by atoms with Gasteiger partial charge in [-0.25, -0.2) is 19.2 Å². The van der Waals surface area contributed by atoms with Crippen molar-refractivity contribution in [2.24, 2.45) is 0 Å². The van der Waals surface area contributed by atoms with Crippen LogP contribution < -0.4 is 0 Å². The number of aliphatic carboxylic acids is 2. The SMILES string of the molecule is Cc1cc(C2(c3ccc(C4(C(=O)O)C=CC5=C(C4)C(=O)OC5=O)c(C)c3)c3ccccc3-c3ccccc32)ccc1C1(C(=O)O)C=CC2=C(C1)C(=O)OC2=O. The number of carbonyl (C=O) groups excluding carboxylic acids is 4. The molecule has 3 aliphatic carbocycles. The predicted octanol–water partition coefficient (Wildman–Crippen LogP) is 5.99. The third-order valence-electron chi connectivity index (χ3n) is 11.9. The highest BCUT2D eigenvalue weighted by molar-refractivity contribution is 6.16. The maximum atomic E-state index is 13.1. The smallest absolute Gasteiger partial charge is 0.346 e. The van der Waals surface area contributed by atoms with Gasteiger partial charge < -0.3 is 19.7 Å². The lowest BCUT2D eigenvalue weighted by Crippen LogP contribution is -2.38. The molecule has 10 nitrogen and oxygen atoms in total. The highest BCUT2D eigenvalue weighted by Crippen LogP contribution is 2.57. The van der Waals surface area contributed by atoms with Crippen LogP contribution in [0.15, 0.2) is 132 Å². The van der Waals surface area contributed by atoms with Crippen LogP contribution in [-0.2, 0) is 54.5 Å². The molecule has 0 saturated carbocycles. The van der Waals surface area contributed by atoms with E-state index in [1.807, 2.05) is 62.4 Å². The number of ether oxygens (including phenoxy) is 2. The molecule has 2 aliphatic heterocycles. The van der Waals surface area contributed by atoms with Crippen molar-refractivity contribution in [2.45, 2.75) is 42.9 Å². The number of esters is 4. The lowest BCUT2D eigenvalue weighted by atomic mass is 9.64. The number of rotatable bonds is 6. The minimum Gasteiger partial charge on any atom is -0.480 e. The van der Waals surface area contributed by atoms with Crippen molar-refractivity contribution in [3.8, 4) is 11.1 Å². The Morgan fingerprint density at radius 1 is 0.545 bits per heavy atom. The van der Waals surface area contributed by atoms with Gasteiger partial charge in [-0.05, 0) is 81.6 Å². The normalized spacial score (nSPS) is 22.9. The van der Waals surface area contributed by atoms with Crippen LogP contribution in [0.1, 0.15) is 57.3 Å². The van der Waals surface area contributed by atoms with Crippen LogP contribution in [0.25, 0.3) is 11.1 Å². The first-order valence-corrected chi connectivity index (χ1v) is 17.6. The molecule has 0 aromatic heterocycles. The van der Waals surface area contributed by atoms with Gasteiger partial charge in [0.2, 0.25) is 0 Å². The summed E-state index contributed by atoms with van der Waals surface area (Å²) in [4.78, 5) is 75.9. The molecule has 4 aromatic carbocycles. The van der Waals surface area contributed by atoms with Gasteiger partial charge in [0.25, 0.3) is 0 Å². The molecule has 10 heteroatoms. The fourth-order valence-corrected chi connectivity index (χ4v) is 9.38. The Hall–Kier alpha value is -6.94. The summed E-state index contributed by atoms with van der Waals surface area (Å²) in [6, 6.07) is 27.3.